The molecule has 0 atom stereocenters. The van der Waals surface area contributed by atoms with Crippen molar-refractivity contribution in [1.29, 1.82) is 5.26 Å². The number of fused-ring (bicyclic) bond motifs is 1. The van der Waals surface area contributed by atoms with Gasteiger partial charge in [0, 0.05) is 18.3 Å². The minimum atomic E-state index is -0.290. The van der Waals surface area contributed by atoms with Gasteiger partial charge in [0.15, 0.2) is 0 Å². The topological polar surface area (TPSA) is 49.0 Å². The Hall–Kier alpha value is -1.79. The van der Waals surface area contributed by atoms with Crippen LogP contribution in [-0.2, 0) is 13.2 Å². The molecule has 3 nitrogen and oxygen atoms in total. The van der Waals surface area contributed by atoms with E-state index in [0.29, 0.717) is 0 Å². The van der Waals surface area contributed by atoms with Gasteiger partial charge in [0.1, 0.15) is 0 Å². The van der Waals surface area contributed by atoms with Gasteiger partial charge in [-0.3, -0.25) is 0 Å². The zero-order valence-corrected chi connectivity index (χ0v) is 10.8. The van der Waals surface area contributed by atoms with Crippen molar-refractivity contribution in [3.8, 4) is 6.07 Å². The third kappa shape index (κ3) is 2.55. The lowest BCUT2D eigenvalue weighted by Crippen LogP contribution is -2.11. The summed E-state index contributed by atoms with van der Waals surface area (Å²) in [6, 6.07) is 10.3. The summed E-state index contributed by atoms with van der Waals surface area (Å²) in [5, 5.41) is 19.3. The average Bonchev–Trinajstić information content (AvgIpc) is 2.78. The summed E-state index contributed by atoms with van der Waals surface area (Å²) in [5.74, 6) is 0. The summed E-state index contributed by atoms with van der Waals surface area (Å²) in [6.07, 6.45) is 2.87. The van der Waals surface area contributed by atoms with Gasteiger partial charge in [-0.25, -0.2) is 0 Å². The van der Waals surface area contributed by atoms with Gasteiger partial charge < -0.3 is 9.67 Å². The van der Waals surface area contributed by atoms with Crippen LogP contribution in [-0.4, -0.2) is 9.67 Å². The molecule has 0 saturated carbocycles. The van der Waals surface area contributed by atoms with Crippen LogP contribution >= 0.6 is 0 Å². The lowest BCUT2D eigenvalue weighted by molar-refractivity contribution is 0.282. The third-order valence-electron chi connectivity index (χ3n) is 3.30. The fraction of sp³-hybridized carbons (Fsp3) is 0.400. The number of rotatable bonds is 4. The predicted octanol–water partition coefficient (Wildman–Crippen LogP) is 3.07. The molecule has 3 heteroatoms. The van der Waals surface area contributed by atoms with E-state index in [2.05, 4.69) is 10.6 Å². The minimum Gasteiger partial charge on any atom is -0.392 e. The summed E-state index contributed by atoms with van der Waals surface area (Å²) in [6.45, 7) is 4.83. The highest BCUT2D eigenvalue weighted by atomic mass is 16.3. The molecular formula is C15H18N2O. The molecule has 1 aromatic heterocycles. The average molecular weight is 242 g/mol. The number of nitrogens with zero attached hydrogens (tertiary/aromatic N) is 2. The number of nitriles is 1. The fourth-order valence-electron chi connectivity index (χ4n) is 2.00. The maximum absolute atomic E-state index is 9.10. The van der Waals surface area contributed by atoms with Gasteiger partial charge in [-0.1, -0.05) is 6.07 Å². The molecule has 2 aromatic rings. The Balaban J connectivity index is 2.23. The lowest BCUT2D eigenvalue weighted by Gasteiger charge is -2.15. The van der Waals surface area contributed by atoms with Gasteiger partial charge >= 0.3 is 0 Å². The lowest BCUT2D eigenvalue weighted by atomic mass is 9.91. The monoisotopic (exact) mass is 242 g/mol. The first-order chi connectivity index (χ1) is 8.55. The Bertz CT molecular complexity index is 590. The Kier molecular flexibility index (Phi) is 3.40. The number of benzene rings is 1. The summed E-state index contributed by atoms with van der Waals surface area (Å²) in [5.41, 5.74) is 1.79. The summed E-state index contributed by atoms with van der Waals surface area (Å²) < 4.78 is 2.16. The van der Waals surface area contributed by atoms with Crippen LogP contribution in [0.15, 0.2) is 30.5 Å². The molecule has 0 unspecified atom stereocenters. The van der Waals surface area contributed by atoms with Gasteiger partial charge in [-0.2, -0.15) is 5.26 Å². The number of hydrogen-bond donors (Lipinski definition) is 1. The van der Waals surface area contributed by atoms with Crippen molar-refractivity contribution in [2.24, 2.45) is 5.41 Å². The van der Waals surface area contributed by atoms with Crippen LogP contribution in [0.5, 0.6) is 0 Å². The van der Waals surface area contributed by atoms with Crippen LogP contribution in [0.4, 0.5) is 0 Å². The zero-order valence-electron chi connectivity index (χ0n) is 10.8. The second-order valence-corrected chi connectivity index (χ2v) is 5.31. The van der Waals surface area contributed by atoms with Gasteiger partial charge in [0.25, 0.3) is 0 Å². The molecule has 2 rings (SSSR count). The highest BCUT2D eigenvalue weighted by Crippen LogP contribution is 2.23. The van der Waals surface area contributed by atoms with Gasteiger partial charge in [0.2, 0.25) is 0 Å². The molecule has 0 aliphatic carbocycles. The molecule has 0 aliphatic heterocycles. The number of hydrogen-bond acceptors (Lipinski definition) is 2. The zero-order chi connectivity index (χ0) is 13.2. The van der Waals surface area contributed by atoms with Crippen molar-refractivity contribution >= 4 is 10.9 Å². The summed E-state index contributed by atoms with van der Waals surface area (Å²) >= 11 is 0. The summed E-state index contributed by atoms with van der Waals surface area (Å²) in [7, 11) is 0. The maximum Gasteiger partial charge on any atom is 0.0684 e. The van der Waals surface area contributed by atoms with E-state index in [1.807, 2.05) is 44.3 Å². The molecule has 0 aliphatic rings. The van der Waals surface area contributed by atoms with Crippen molar-refractivity contribution < 1.29 is 5.11 Å². The second kappa shape index (κ2) is 4.83. The number of aryl methyl sites for hydroxylation is 1. The van der Waals surface area contributed by atoms with Crippen molar-refractivity contribution in [2.75, 3.05) is 0 Å². The quantitative estimate of drug-likeness (QED) is 0.895. The van der Waals surface area contributed by atoms with E-state index in [1.165, 1.54) is 0 Å². The molecule has 0 bridgehead atoms. The van der Waals surface area contributed by atoms with E-state index in [4.69, 9.17) is 10.4 Å². The summed E-state index contributed by atoms with van der Waals surface area (Å²) in [4.78, 5) is 0. The first kappa shape index (κ1) is 12.7. The molecule has 0 saturated heterocycles. The Morgan fingerprint density at radius 3 is 2.78 bits per heavy atom. The minimum absolute atomic E-state index is 0.0720. The van der Waals surface area contributed by atoms with Gasteiger partial charge in [-0.05, 0) is 49.4 Å². The highest BCUT2D eigenvalue weighted by molar-refractivity contribution is 5.80. The number of aliphatic hydroxyl groups excluding tert-OH is 1. The van der Waals surface area contributed by atoms with E-state index < -0.39 is 0 Å². The van der Waals surface area contributed by atoms with E-state index >= 15 is 0 Å². The Morgan fingerprint density at radius 2 is 2.11 bits per heavy atom. The van der Waals surface area contributed by atoms with E-state index in [1.54, 1.807) is 0 Å². The molecule has 0 fully saturated rings. The number of aliphatic hydroxyl groups is 1. The molecule has 1 heterocycles. The molecule has 0 amide bonds. The normalized spacial score (nSPS) is 11.7. The molecule has 1 aromatic carbocycles. The van der Waals surface area contributed by atoms with Crippen LogP contribution in [0, 0.1) is 16.7 Å². The van der Waals surface area contributed by atoms with Crippen molar-refractivity contribution in [3.63, 3.8) is 0 Å². The Morgan fingerprint density at radius 1 is 1.33 bits per heavy atom. The smallest absolute Gasteiger partial charge is 0.0684 e. The standard InChI is InChI=1S/C15H18N2O/c1-15(2,11-16)6-8-17-7-5-13-9-12(10-18)3-4-14(13)17/h3-5,7,9,18H,6,8,10H2,1-2H3. The first-order valence-electron chi connectivity index (χ1n) is 6.16. The highest BCUT2D eigenvalue weighted by Gasteiger charge is 2.16. The molecular weight excluding hydrogens is 224 g/mol. The van der Waals surface area contributed by atoms with Gasteiger partial charge in [0.05, 0.1) is 18.1 Å². The second-order valence-electron chi connectivity index (χ2n) is 5.31. The number of aromatic nitrogens is 1. The van der Waals surface area contributed by atoms with Crippen molar-refractivity contribution in [2.45, 2.75) is 33.4 Å². The molecule has 94 valence electrons. The third-order valence-corrected chi connectivity index (χ3v) is 3.30. The van der Waals surface area contributed by atoms with Crippen LogP contribution in [0.25, 0.3) is 10.9 Å². The fourth-order valence-corrected chi connectivity index (χ4v) is 2.00. The molecule has 0 radical (unpaired) electrons. The van der Waals surface area contributed by atoms with Crippen LogP contribution in [0.3, 0.4) is 0 Å². The molecule has 0 spiro atoms. The Labute approximate surface area is 107 Å². The SMILES string of the molecule is CC(C)(C#N)CCn1ccc2cc(CO)ccc21. The predicted molar refractivity (Wildman–Crippen MR) is 71.9 cm³/mol. The van der Waals surface area contributed by atoms with E-state index in [9.17, 15) is 0 Å². The molecule has 1 N–H and O–H groups in total. The van der Waals surface area contributed by atoms with Crippen LogP contribution < -0.4 is 0 Å². The van der Waals surface area contributed by atoms with E-state index in [0.717, 1.165) is 29.4 Å². The van der Waals surface area contributed by atoms with Crippen LogP contribution in [0.2, 0.25) is 0 Å². The van der Waals surface area contributed by atoms with Crippen LogP contribution in [0.1, 0.15) is 25.8 Å². The van der Waals surface area contributed by atoms with Crippen molar-refractivity contribution in [3.05, 3.63) is 36.0 Å². The van der Waals surface area contributed by atoms with Gasteiger partial charge in [-0.15, -0.1) is 0 Å². The molecule has 18 heavy (non-hydrogen) atoms. The first-order valence-corrected chi connectivity index (χ1v) is 6.16. The van der Waals surface area contributed by atoms with Crippen molar-refractivity contribution in [1.82, 2.24) is 4.57 Å². The largest absolute Gasteiger partial charge is 0.392 e. The van der Waals surface area contributed by atoms with E-state index in [-0.39, 0.29) is 12.0 Å². The maximum atomic E-state index is 9.10.